The number of amides is 2. The SMILES string of the molecule is CCCC(C)(C)C(=O)N(Cc1ccccc1)C(CC)c1ccc(F)[c-]c1F.CCCC(C)(C)C(=O)N(Cc1ccccc1)C(CC)c1ccc(F)[c-]c1F.[C-]1=CC=CC1.[C-]1=CC=CC1.[Ti+4]. The summed E-state index contributed by atoms with van der Waals surface area (Å²) in [5.74, 6) is -2.99. The zero-order valence-corrected chi connectivity index (χ0v) is 41.1. The van der Waals surface area contributed by atoms with Crippen LogP contribution in [0.25, 0.3) is 0 Å². The minimum Gasteiger partial charge on any atom is -0.342 e. The van der Waals surface area contributed by atoms with Crippen molar-refractivity contribution < 1.29 is 48.9 Å². The van der Waals surface area contributed by atoms with Crippen molar-refractivity contribution in [3.63, 3.8) is 0 Å². The fourth-order valence-corrected chi connectivity index (χ4v) is 7.77. The topological polar surface area (TPSA) is 40.6 Å². The fourth-order valence-electron chi connectivity index (χ4n) is 7.77. The van der Waals surface area contributed by atoms with Gasteiger partial charge < -0.3 is 9.80 Å². The van der Waals surface area contributed by atoms with Crippen molar-refractivity contribution in [2.75, 3.05) is 0 Å². The maximum absolute atomic E-state index is 14.5. The molecule has 0 aromatic heterocycles. The van der Waals surface area contributed by atoms with E-state index in [4.69, 9.17) is 0 Å². The Morgan fingerprint density at radius 3 is 1.17 bits per heavy atom. The zero-order chi connectivity index (χ0) is 47.1. The van der Waals surface area contributed by atoms with Crippen molar-refractivity contribution in [3.05, 3.63) is 191 Å². The molecule has 0 saturated heterocycles. The van der Waals surface area contributed by atoms with E-state index in [0.29, 0.717) is 37.1 Å². The van der Waals surface area contributed by atoms with Gasteiger partial charge in [0.1, 0.15) is 0 Å². The molecule has 2 amide bonds. The van der Waals surface area contributed by atoms with Crippen LogP contribution in [-0.2, 0) is 44.4 Å². The molecular formula is C56H66F4N2O2Ti. The number of benzene rings is 4. The van der Waals surface area contributed by atoms with Crippen LogP contribution in [0.5, 0.6) is 0 Å². The molecule has 6 rings (SSSR count). The third-order valence-corrected chi connectivity index (χ3v) is 11.0. The summed E-state index contributed by atoms with van der Waals surface area (Å²) >= 11 is 0. The Morgan fingerprint density at radius 1 is 0.569 bits per heavy atom. The van der Waals surface area contributed by atoms with Crippen LogP contribution in [0.4, 0.5) is 17.6 Å². The van der Waals surface area contributed by atoms with E-state index < -0.39 is 46.2 Å². The molecule has 2 aliphatic carbocycles. The van der Waals surface area contributed by atoms with E-state index in [1.54, 1.807) is 9.80 Å². The Labute approximate surface area is 402 Å². The van der Waals surface area contributed by atoms with Gasteiger partial charge in [0, 0.05) is 59.3 Å². The first-order valence-electron chi connectivity index (χ1n) is 22.5. The van der Waals surface area contributed by atoms with Crippen LogP contribution in [0.15, 0.2) is 121 Å². The molecule has 4 aromatic carbocycles. The number of rotatable bonds is 16. The summed E-state index contributed by atoms with van der Waals surface area (Å²) in [7, 11) is 0. The summed E-state index contributed by atoms with van der Waals surface area (Å²) in [6.45, 7) is 16.4. The summed E-state index contributed by atoms with van der Waals surface area (Å²) < 4.78 is 55.6. The predicted molar refractivity (Wildman–Crippen MR) is 251 cm³/mol. The smallest absolute Gasteiger partial charge is 0.342 e. The van der Waals surface area contributed by atoms with Crippen LogP contribution in [0.3, 0.4) is 0 Å². The molecule has 0 heterocycles. The van der Waals surface area contributed by atoms with Gasteiger partial charge in [-0.1, -0.05) is 140 Å². The van der Waals surface area contributed by atoms with E-state index in [9.17, 15) is 27.2 Å². The Balaban J connectivity index is 0.000000361. The molecule has 0 fully saturated rings. The molecule has 0 bridgehead atoms. The Kier molecular flexibility index (Phi) is 25.1. The summed E-state index contributed by atoms with van der Waals surface area (Å²) in [4.78, 5) is 30.3. The van der Waals surface area contributed by atoms with Gasteiger partial charge in [-0.25, -0.2) is 41.9 Å². The Bertz CT molecular complexity index is 1980. The molecule has 0 N–H and O–H groups in total. The average Bonchev–Trinajstić information content (AvgIpc) is 4.07. The van der Waals surface area contributed by atoms with E-state index in [1.165, 1.54) is 24.3 Å². The van der Waals surface area contributed by atoms with Crippen LogP contribution >= 0.6 is 0 Å². The van der Waals surface area contributed by atoms with Crippen molar-refractivity contribution in [2.45, 2.75) is 132 Å². The first-order valence-corrected chi connectivity index (χ1v) is 22.5. The Morgan fingerprint density at radius 2 is 0.923 bits per heavy atom. The second-order valence-electron chi connectivity index (χ2n) is 17.1. The Hall–Kier alpha value is -4.79. The average molecular weight is 923 g/mol. The number of nitrogens with zero attached hydrogens (tertiary/aromatic N) is 2. The van der Waals surface area contributed by atoms with Crippen LogP contribution in [0, 0.1) is 58.4 Å². The van der Waals surface area contributed by atoms with Crippen molar-refractivity contribution in [1.82, 2.24) is 9.80 Å². The fraction of sp³-hybridized carbons (Fsp3) is 0.393. The molecular weight excluding hydrogens is 856 g/mol. The third kappa shape index (κ3) is 18.2. The summed E-state index contributed by atoms with van der Waals surface area (Å²) in [6, 6.07) is 27.8. The quantitative estimate of drug-likeness (QED) is 0.0638. The minimum absolute atomic E-state index is 0. The molecule has 344 valence electrons. The van der Waals surface area contributed by atoms with Gasteiger partial charge in [0.2, 0.25) is 11.8 Å². The van der Waals surface area contributed by atoms with Gasteiger partial charge >= 0.3 is 21.7 Å². The zero-order valence-electron chi connectivity index (χ0n) is 39.5. The van der Waals surface area contributed by atoms with Crippen LogP contribution in [0.1, 0.15) is 141 Å². The van der Waals surface area contributed by atoms with Crippen LogP contribution in [-0.4, -0.2) is 21.6 Å². The molecule has 2 aliphatic rings. The van der Waals surface area contributed by atoms with E-state index >= 15 is 0 Å². The second kappa shape index (κ2) is 29.0. The van der Waals surface area contributed by atoms with Gasteiger partial charge in [-0.15, -0.1) is 37.1 Å². The van der Waals surface area contributed by atoms with E-state index in [-0.39, 0.29) is 33.5 Å². The number of carbonyl (C=O) groups is 2. The number of allylic oxidation sites excluding steroid dienone is 8. The number of hydrogen-bond donors (Lipinski definition) is 0. The van der Waals surface area contributed by atoms with Gasteiger partial charge in [0.25, 0.3) is 0 Å². The van der Waals surface area contributed by atoms with Gasteiger partial charge in [-0.3, -0.25) is 21.7 Å². The van der Waals surface area contributed by atoms with E-state index in [1.807, 2.05) is 140 Å². The van der Waals surface area contributed by atoms with Gasteiger partial charge in [0.05, 0.1) is 0 Å². The second-order valence-corrected chi connectivity index (χ2v) is 17.1. The molecule has 4 aromatic rings. The molecule has 65 heavy (non-hydrogen) atoms. The molecule has 0 saturated carbocycles. The first kappa shape index (κ1) is 56.3. The minimum atomic E-state index is -0.738. The molecule has 9 heteroatoms. The third-order valence-electron chi connectivity index (χ3n) is 11.0. The molecule has 0 radical (unpaired) electrons. The summed E-state index contributed by atoms with van der Waals surface area (Å²) in [5.41, 5.74) is 1.44. The molecule has 4 nitrogen and oxygen atoms in total. The summed E-state index contributed by atoms with van der Waals surface area (Å²) in [5, 5.41) is 0. The standard InChI is InChI=1S/2C23H28F2NO.2C5H5.Ti/c2*1-5-14-23(3,4)22(27)26(16-17-10-8-7-9-11-17)21(6-2)19-13-12-18(24)15-20(19)25;2*1-2-4-5-3-1;/h2*7-13,21H,5-6,14,16H2,1-4H3;2*1-3H,4H2;/q4*-1;+4. The first-order chi connectivity index (χ1) is 30.6. The van der Waals surface area contributed by atoms with Crippen molar-refractivity contribution in [1.29, 1.82) is 0 Å². The monoisotopic (exact) mass is 922 g/mol. The van der Waals surface area contributed by atoms with Crippen molar-refractivity contribution in [2.24, 2.45) is 10.8 Å². The molecule has 2 unspecified atom stereocenters. The number of hydrogen-bond acceptors (Lipinski definition) is 2. The predicted octanol–water partition coefficient (Wildman–Crippen LogP) is 14.8. The van der Waals surface area contributed by atoms with Gasteiger partial charge in [-0.05, 0) is 36.8 Å². The maximum Gasteiger partial charge on any atom is 4.00 e. The van der Waals surface area contributed by atoms with Crippen LogP contribution < -0.4 is 0 Å². The van der Waals surface area contributed by atoms with Crippen molar-refractivity contribution >= 4 is 11.8 Å². The molecule has 0 spiro atoms. The maximum atomic E-state index is 14.5. The largest absolute Gasteiger partial charge is 4.00 e. The normalized spacial score (nSPS) is 13.2. The van der Waals surface area contributed by atoms with Crippen LogP contribution in [0.2, 0.25) is 0 Å². The van der Waals surface area contributed by atoms with Gasteiger partial charge in [-0.2, -0.15) is 24.3 Å². The number of carbonyl (C=O) groups excluding carboxylic acids is 2. The molecule has 0 aliphatic heterocycles. The summed E-state index contributed by atoms with van der Waals surface area (Å²) in [6.07, 6.45) is 24.3. The van der Waals surface area contributed by atoms with E-state index in [0.717, 1.165) is 49.7 Å². The molecule has 2 atom stereocenters. The van der Waals surface area contributed by atoms with E-state index in [2.05, 4.69) is 36.4 Å². The number of halogens is 4. The van der Waals surface area contributed by atoms with Gasteiger partial charge in [0.15, 0.2) is 0 Å². The van der Waals surface area contributed by atoms with Crippen molar-refractivity contribution in [3.8, 4) is 0 Å².